The first-order valence-corrected chi connectivity index (χ1v) is 8.55. The summed E-state index contributed by atoms with van der Waals surface area (Å²) < 4.78 is 0. The summed E-state index contributed by atoms with van der Waals surface area (Å²) in [5, 5.41) is 23.2. The lowest BCUT2D eigenvalue weighted by Crippen LogP contribution is -2.35. The van der Waals surface area contributed by atoms with Gasteiger partial charge in [0.05, 0.1) is 11.7 Å². The molecule has 3 aromatic rings. The number of aromatic amines is 1. The zero-order valence-electron chi connectivity index (χ0n) is 14.6. The largest absolute Gasteiger partial charge is 0.508 e. The lowest BCUT2D eigenvalue weighted by Gasteiger charge is -2.27. The van der Waals surface area contributed by atoms with Crippen molar-refractivity contribution in [3.63, 3.8) is 0 Å². The lowest BCUT2D eigenvalue weighted by molar-refractivity contribution is -0.121. The number of phenolic OH excluding ortho intramolecular Hbond substituents is 1. The predicted octanol–water partition coefficient (Wildman–Crippen LogP) is 2.78. The van der Waals surface area contributed by atoms with Crippen molar-refractivity contribution < 1.29 is 14.7 Å². The molecule has 2 amide bonds. The smallest absolute Gasteiger partial charge is 0.253 e. The fourth-order valence-electron chi connectivity index (χ4n) is 3.45. The van der Waals surface area contributed by atoms with Crippen LogP contribution in [0.2, 0.25) is 0 Å². The van der Waals surface area contributed by atoms with E-state index in [1.165, 1.54) is 0 Å². The van der Waals surface area contributed by atoms with Gasteiger partial charge in [0, 0.05) is 34.7 Å². The van der Waals surface area contributed by atoms with Crippen molar-refractivity contribution in [3.05, 3.63) is 65.5 Å². The molecule has 1 aliphatic heterocycles. The Labute approximate surface area is 155 Å². The number of hydrogen-bond donors (Lipinski definition) is 4. The van der Waals surface area contributed by atoms with Crippen molar-refractivity contribution in [1.29, 1.82) is 0 Å². The van der Waals surface area contributed by atoms with Crippen LogP contribution in [0.25, 0.3) is 10.9 Å². The number of fused-ring (bicyclic) bond motifs is 1. The first-order valence-electron chi connectivity index (χ1n) is 8.55. The number of amides is 2. The monoisotopic (exact) mass is 362 g/mol. The molecule has 1 aromatic heterocycles. The number of allylic oxidation sites excluding steroid dienone is 1. The molecule has 136 valence electrons. The fourth-order valence-corrected chi connectivity index (χ4v) is 3.45. The highest BCUT2D eigenvalue weighted by atomic mass is 16.3. The second-order valence-electron chi connectivity index (χ2n) is 6.56. The van der Waals surface area contributed by atoms with Gasteiger partial charge in [0.1, 0.15) is 5.75 Å². The fraction of sp³-hybridized carbons (Fsp3) is 0.150. The van der Waals surface area contributed by atoms with Crippen LogP contribution >= 0.6 is 0 Å². The molecule has 7 heteroatoms. The van der Waals surface area contributed by atoms with Gasteiger partial charge in [-0.3, -0.25) is 14.7 Å². The molecule has 1 unspecified atom stereocenters. The minimum absolute atomic E-state index is 0.0984. The molecule has 0 fully saturated rings. The Morgan fingerprint density at radius 2 is 2.11 bits per heavy atom. The topological polar surface area (TPSA) is 107 Å². The second-order valence-corrected chi connectivity index (χ2v) is 6.56. The Bertz CT molecular complexity index is 1080. The Hall–Kier alpha value is -3.61. The number of aromatic nitrogens is 2. The number of rotatable bonds is 3. The third-order valence-corrected chi connectivity index (χ3v) is 4.68. The van der Waals surface area contributed by atoms with E-state index in [9.17, 15) is 14.7 Å². The maximum absolute atomic E-state index is 13.0. The number of H-pyrrole nitrogens is 1. The average Bonchev–Trinajstić information content (AvgIpc) is 3.08. The summed E-state index contributed by atoms with van der Waals surface area (Å²) >= 11 is 0. The number of benzene rings is 2. The van der Waals surface area contributed by atoms with Crippen LogP contribution in [0.1, 0.15) is 24.8 Å². The third-order valence-electron chi connectivity index (χ3n) is 4.68. The van der Waals surface area contributed by atoms with Crippen molar-refractivity contribution in [2.45, 2.75) is 19.3 Å². The highest BCUT2D eigenvalue weighted by molar-refractivity contribution is 6.07. The second kappa shape index (κ2) is 6.60. The summed E-state index contributed by atoms with van der Waals surface area (Å²) in [6, 6.07) is 12.1. The van der Waals surface area contributed by atoms with Crippen molar-refractivity contribution in [1.82, 2.24) is 15.5 Å². The Morgan fingerprint density at radius 1 is 1.26 bits per heavy atom. The Morgan fingerprint density at radius 3 is 2.93 bits per heavy atom. The quantitative estimate of drug-likeness (QED) is 0.575. The standard InChI is InChI=1S/C20H18N4O3/c1-11-19(16(9-18(26)22-11)12-3-2-4-15(25)8-12)20(27)23-14-5-6-17-13(7-14)10-21-24-17/h2-8,10,16,25H,9H2,1H3,(H,21,24)(H,22,26)(H,23,27). The maximum Gasteiger partial charge on any atom is 0.253 e. The van der Waals surface area contributed by atoms with E-state index in [0.717, 1.165) is 16.5 Å². The van der Waals surface area contributed by atoms with Crippen LogP contribution in [0, 0.1) is 0 Å². The first kappa shape index (κ1) is 16.8. The van der Waals surface area contributed by atoms with Gasteiger partial charge in [-0.15, -0.1) is 0 Å². The molecule has 2 aromatic carbocycles. The number of nitrogens with one attached hydrogen (secondary N) is 3. The molecule has 0 bridgehead atoms. The van der Waals surface area contributed by atoms with Gasteiger partial charge in [-0.25, -0.2) is 0 Å². The van der Waals surface area contributed by atoms with E-state index < -0.39 is 5.92 Å². The summed E-state index contributed by atoms with van der Waals surface area (Å²) in [7, 11) is 0. The van der Waals surface area contributed by atoms with Crippen LogP contribution in [-0.2, 0) is 9.59 Å². The van der Waals surface area contributed by atoms with Crippen molar-refractivity contribution >= 4 is 28.4 Å². The number of anilines is 1. The van der Waals surface area contributed by atoms with Crippen LogP contribution in [-0.4, -0.2) is 27.1 Å². The van der Waals surface area contributed by atoms with Gasteiger partial charge in [-0.05, 0) is 42.8 Å². The zero-order valence-corrected chi connectivity index (χ0v) is 14.6. The highest BCUT2D eigenvalue weighted by Crippen LogP contribution is 2.34. The SMILES string of the molecule is CC1=C(C(=O)Nc2ccc3[nH]ncc3c2)C(c2cccc(O)c2)CC(=O)N1. The number of nitrogens with zero attached hydrogens (tertiary/aromatic N) is 1. The number of aromatic hydroxyl groups is 1. The van der Waals surface area contributed by atoms with Crippen molar-refractivity contribution in [2.75, 3.05) is 5.32 Å². The highest BCUT2D eigenvalue weighted by Gasteiger charge is 2.32. The molecule has 4 N–H and O–H groups in total. The molecular weight excluding hydrogens is 344 g/mol. The molecule has 7 nitrogen and oxygen atoms in total. The third kappa shape index (κ3) is 3.27. The molecule has 0 saturated heterocycles. The average molecular weight is 362 g/mol. The van der Waals surface area contributed by atoms with Gasteiger partial charge in [0.15, 0.2) is 0 Å². The van der Waals surface area contributed by atoms with E-state index in [1.807, 2.05) is 12.1 Å². The van der Waals surface area contributed by atoms with Crippen molar-refractivity contribution in [3.8, 4) is 5.75 Å². The molecule has 2 heterocycles. The van der Waals surface area contributed by atoms with Crippen LogP contribution in [0.15, 0.2) is 59.9 Å². The summed E-state index contributed by atoms with van der Waals surface area (Å²) in [4.78, 5) is 25.1. The van der Waals surface area contributed by atoms with Gasteiger partial charge in [0.2, 0.25) is 5.91 Å². The van der Waals surface area contributed by atoms with Crippen LogP contribution in [0.5, 0.6) is 5.75 Å². The van der Waals surface area contributed by atoms with Crippen LogP contribution < -0.4 is 10.6 Å². The van der Waals surface area contributed by atoms with Crippen molar-refractivity contribution in [2.24, 2.45) is 0 Å². The van der Waals surface area contributed by atoms with Gasteiger partial charge in [0.25, 0.3) is 5.91 Å². The minimum Gasteiger partial charge on any atom is -0.508 e. The molecule has 0 aliphatic carbocycles. The van der Waals surface area contributed by atoms with Crippen LogP contribution in [0.3, 0.4) is 0 Å². The van der Waals surface area contributed by atoms with Gasteiger partial charge in [-0.1, -0.05) is 12.1 Å². The molecule has 4 rings (SSSR count). The molecular formula is C20H18N4O3. The van der Waals surface area contributed by atoms with E-state index in [2.05, 4.69) is 20.8 Å². The number of carbonyl (C=O) groups excluding carboxylic acids is 2. The minimum atomic E-state index is -0.427. The summed E-state index contributed by atoms with van der Waals surface area (Å²) in [6.07, 6.45) is 1.83. The van der Waals surface area contributed by atoms with Crippen LogP contribution in [0.4, 0.5) is 5.69 Å². The number of hydrogen-bond acceptors (Lipinski definition) is 4. The molecule has 1 atom stereocenters. The zero-order chi connectivity index (χ0) is 19.0. The summed E-state index contributed by atoms with van der Waals surface area (Å²) in [5.74, 6) is -0.772. The molecule has 27 heavy (non-hydrogen) atoms. The van der Waals surface area contributed by atoms with Gasteiger partial charge in [-0.2, -0.15) is 5.10 Å². The Kier molecular flexibility index (Phi) is 4.12. The Balaban J connectivity index is 1.68. The number of carbonyl (C=O) groups is 2. The normalized spacial score (nSPS) is 17.1. The maximum atomic E-state index is 13.0. The molecule has 0 saturated carbocycles. The molecule has 1 aliphatic rings. The summed E-state index contributed by atoms with van der Waals surface area (Å²) in [5.41, 5.74) is 3.24. The molecule has 0 radical (unpaired) electrons. The van der Waals surface area contributed by atoms with E-state index in [1.54, 1.807) is 43.5 Å². The van der Waals surface area contributed by atoms with E-state index in [0.29, 0.717) is 17.0 Å². The van der Waals surface area contributed by atoms with E-state index >= 15 is 0 Å². The first-order chi connectivity index (χ1) is 13.0. The van der Waals surface area contributed by atoms with E-state index in [4.69, 9.17) is 0 Å². The van der Waals surface area contributed by atoms with Gasteiger partial charge < -0.3 is 15.7 Å². The number of phenols is 1. The predicted molar refractivity (Wildman–Crippen MR) is 101 cm³/mol. The molecule has 0 spiro atoms. The van der Waals surface area contributed by atoms with E-state index in [-0.39, 0.29) is 24.0 Å². The summed E-state index contributed by atoms with van der Waals surface area (Å²) in [6.45, 7) is 1.71. The lowest BCUT2D eigenvalue weighted by atomic mass is 9.84. The van der Waals surface area contributed by atoms with Gasteiger partial charge >= 0.3 is 0 Å².